The summed E-state index contributed by atoms with van der Waals surface area (Å²) < 4.78 is 13.4. The van der Waals surface area contributed by atoms with Crippen LogP contribution in [0.1, 0.15) is 34.1 Å². The second kappa shape index (κ2) is 2.99. The topological polar surface area (TPSA) is 3.24 Å². The lowest BCUT2D eigenvalue weighted by atomic mass is 9.96. The van der Waals surface area contributed by atoms with Crippen LogP contribution in [0.15, 0.2) is 0 Å². The van der Waals surface area contributed by atoms with E-state index in [0.717, 1.165) is 13.1 Å². The van der Waals surface area contributed by atoms with Crippen LogP contribution >= 0.6 is 0 Å². The molecule has 0 bridgehead atoms. The van der Waals surface area contributed by atoms with Gasteiger partial charge >= 0.3 is 0 Å². The molecule has 0 N–H and O–H groups in total. The summed E-state index contributed by atoms with van der Waals surface area (Å²) >= 11 is 0. The lowest BCUT2D eigenvalue weighted by Gasteiger charge is -2.26. The summed E-state index contributed by atoms with van der Waals surface area (Å²) in [6.07, 6.45) is 0.698. The van der Waals surface area contributed by atoms with Crippen molar-refractivity contribution < 1.29 is 4.39 Å². The number of halogens is 1. The number of hydrogen-bond donors (Lipinski definition) is 0. The van der Waals surface area contributed by atoms with E-state index in [1.807, 2.05) is 0 Å². The zero-order valence-electron chi connectivity index (χ0n) is 8.65. The van der Waals surface area contributed by atoms with Crippen molar-refractivity contribution in [2.24, 2.45) is 5.41 Å². The maximum Gasteiger partial charge on any atom is 0.122 e. The Morgan fingerprint density at radius 1 is 1.42 bits per heavy atom. The van der Waals surface area contributed by atoms with Crippen LogP contribution in [0.5, 0.6) is 0 Å². The Morgan fingerprint density at radius 2 is 2.00 bits per heavy atom. The van der Waals surface area contributed by atoms with Crippen molar-refractivity contribution in [3.05, 3.63) is 0 Å². The molecular formula is C10H20FN. The van der Waals surface area contributed by atoms with Gasteiger partial charge in [-0.15, -0.1) is 0 Å². The number of rotatable bonds is 1. The predicted octanol–water partition coefficient (Wildman–Crippen LogP) is 2.47. The van der Waals surface area contributed by atoms with Gasteiger partial charge in [0.2, 0.25) is 0 Å². The fourth-order valence-corrected chi connectivity index (χ4v) is 1.82. The third-order valence-electron chi connectivity index (χ3n) is 2.20. The van der Waals surface area contributed by atoms with E-state index in [-0.39, 0.29) is 0 Å². The third kappa shape index (κ3) is 3.10. The van der Waals surface area contributed by atoms with Crippen LogP contribution in [0, 0.1) is 5.41 Å². The number of alkyl halides is 1. The smallest absolute Gasteiger partial charge is 0.122 e. The molecule has 0 spiro atoms. The van der Waals surface area contributed by atoms with Crippen LogP contribution < -0.4 is 0 Å². The molecule has 1 atom stereocenters. The molecule has 1 aliphatic rings. The molecule has 0 saturated carbocycles. The van der Waals surface area contributed by atoms with Crippen molar-refractivity contribution in [3.63, 3.8) is 0 Å². The standard InChI is InChI=1S/C10H20FN/c1-9(2,3)7-12-6-5-10(4,11)8-12/h5-8H2,1-4H3. The number of nitrogens with zero attached hydrogens (tertiary/aromatic N) is 1. The highest BCUT2D eigenvalue weighted by molar-refractivity contribution is 4.87. The molecule has 1 saturated heterocycles. The van der Waals surface area contributed by atoms with Gasteiger partial charge in [-0.25, -0.2) is 4.39 Å². The van der Waals surface area contributed by atoms with Crippen molar-refractivity contribution in [1.82, 2.24) is 4.90 Å². The SMILES string of the molecule is CC(C)(C)CN1CCC(C)(F)C1. The Kier molecular flexibility index (Phi) is 2.48. The summed E-state index contributed by atoms with van der Waals surface area (Å²) in [6.45, 7) is 10.8. The van der Waals surface area contributed by atoms with Crippen molar-refractivity contribution in [1.29, 1.82) is 0 Å². The van der Waals surface area contributed by atoms with Crippen molar-refractivity contribution in [3.8, 4) is 0 Å². The number of likely N-dealkylation sites (tertiary alicyclic amines) is 1. The highest BCUT2D eigenvalue weighted by Gasteiger charge is 2.34. The Hall–Kier alpha value is -0.110. The van der Waals surface area contributed by atoms with E-state index >= 15 is 0 Å². The second-order valence-electron chi connectivity index (χ2n) is 5.43. The molecule has 1 rings (SSSR count). The van der Waals surface area contributed by atoms with Gasteiger partial charge in [-0.1, -0.05) is 20.8 Å². The minimum Gasteiger partial charge on any atom is -0.300 e. The largest absolute Gasteiger partial charge is 0.300 e. The molecule has 0 aromatic carbocycles. The van der Waals surface area contributed by atoms with Gasteiger partial charge in [0.05, 0.1) is 0 Å². The van der Waals surface area contributed by atoms with Crippen LogP contribution in [-0.4, -0.2) is 30.2 Å². The summed E-state index contributed by atoms with van der Waals surface area (Å²) in [7, 11) is 0. The Labute approximate surface area is 74.9 Å². The van der Waals surface area contributed by atoms with Gasteiger partial charge < -0.3 is 0 Å². The molecule has 12 heavy (non-hydrogen) atoms. The summed E-state index contributed by atoms with van der Waals surface area (Å²) in [4.78, 5) is 2.22. The lowest BCUT2D eigenvalue weighted by Crippen LogP contribution is -2.33. The van der Waals surface area contributed by atoms with Gasteiger partial charge in [-0.2, -0.15) is 0 Å². The second-order valence-corrected chi connectivity index (χ2v) is 5.43. The van der Waals surface area contributed by atoms with Gasteiger partial charge in [-0.05, 0) is 18.8 Å². The van der Waals surface area contributed by atoms with E-state index in [1.54, 1.807) is 6.92 Å². The molecule has 1 heterocycles. The first-order valence-electron chi connectivity index (χ1n) is 4.70. The Balaban J connectivity index is 2.39. The van der Waals surface area contributed by atoms with E-state index in [1.165, 1.54) is 0 Å². The Morgan fingerprint density at radius 3 is 2.33 bits per heavy atom. The summed E-state index contributed by atoms with van der Waals surface area (Å²) in [5.41, 5.74) is -0.647. The highest BCUT2D eigenvalue weighted by atomic mass is 19.1. The fourth-order valence-electron chi connectivity index (χ4n) is 1.82. The van der Waals surface area contributed by atoms with Crippen LogP contribution in [-0.2, 0) is 0 Å². The van der Waals surface area contributed by atoms with Gasteiger partial charge in [0.25, 0.3) is 0 Å². The van der Waals surface area contributed by atoms with E-state index in [4.69, 9.17) is 0 Å². The van der Waals surface area contributed by atoms with Crippen LogP contribution in [0.3, 0.4) is 0 Å². The van der Waals surface area contributed by atoms with Gasteiger partial charge in [0.15, 0.2) is 0 Å². The van der Waals surface area contributed by atoms with Crippen LogP contribution in [0.2, 0.25) is 0 Å². The van der Waals surface area contributed by atoms with E-state index in [0.29, 0.717) is 18.4 Å². The van der Waals surface area contributed by atoms with E-state index in [9.17, 15) is 4.39 Å². The predicted molar refractivity (Wildman–Crippen MR) is 50.0 cm³/mol. The van der Waals surface area contributed by atoms with Crippen molar-refractivity contribution >= 4 is 0 Å². The average Bonchev–Trinajstić information content (AvgIpc) is 2.05. The molecule has 0 amide bonds. The Bertz CT molecular complexity index is 158. The first-order chi connectivity index (χ1) is 5.29. The molecule has 2 heteroatoms. The molecular weight excluding hydrogens is 153 g/mol. The summed E-state index contributed by atoms with van der Waals surface area (Å²) in [6, 6.07) is 0. The van der Waals surface area contributed by atoms with Gasteiger partial charge in [0, 0.05) is 19.6 Å². The maximum atomic E-state index is 13.4. The molecule has 0 aromatic heterocycles. The molecule has 0 aliphatic carbocycles. The average molecular weight is 173 g/mol. The maximum absolute atomic E-state index is 13.4. The van der Waals surface area contributed by atoms with E-state index < -0.39 is 5.67 Å². The quantitative estimate of drug-likeness (QED) is 0.589. The monoisotopic (exact) mass is 173 g/mol. The van der Waals surface area contributed by atoms with Crippen molar-refractivity contribution in [2.45, 2.75) is 39.8 Å². The summed E-state index contributed by atoms with van der Waals surface area (Å²) in [5.74, 6) is 0. The lowest BCUT2D eigenvalue weighted by molar-refractivity contribution is 0.165. The molecule has 1 aliphatic heterocycles. The molecule has 0 radical (unpaired) electrons. The minimum atomic E-state index is -0.939. The van der Waals surface area contributed by atoms with Crippen LogP contribution in [0.25, 0.3) is 0 Å². The highest BCUT2D eigenvalue weighted by Crippen LogP contribution is 2.27. The summed E-state index contributed by atoms with van der Waals surface area (Å²) in [5, 5.41) is 0. The third-order valence-corrected chi connectivity index (χ3v) is 2.20. The van der Waals surface area contributed by atoms with Gasteiger partial charge in [-0.3, -0.25) is 4.90 Å². The number of hydrogen-bond acceptors (Lipinski definition) is 1. The van der Waals surface area contributed by atoms with Gasteiger partial charge in [0.1, 0.15) is 5.67 Å². The minimum absolute atomic E-state index is 0.292. The molecule has 72 valence electrons. The molecule has 1 unspecified atom stereocenters. The molecule has 1 nitrogen and oxygen atoms in total. The molecule has 0 aromatic rings. The first kappa shape index (κ1) is 9.97. The van der Waals surface area contributed by atoms with E-state index in [2.05, 4.69) is 25.7 Å². The molecule has 1 fully saturated rings. The fraction of sp³-hybridized carbons (Fsp3) is 1.00. The zero-order valence-corrected chi connectivity index (χ0v) is 8.65. The first-order valence-corrected chi connectivity index (χ1v) is 4.70. The normalized spacial score (nSPS) is 32.8. The van der Waals surface area contributed by atoms with Crippen molar-refractivity contribution in [2.75, 3.05) is 19.6 Å². The zero-order chi connectivity index (χ0) is 9.41. The van der Waals surface area contributed by atoms with Crippen LogP contribution in [0.4, 0.5) is 4.39 Å².